The number of halogens is 1. The van der Waals surface area contributed by atoms with E-state index in [-0.39, 0.29) is 5.75 Å². The van der Waals surface area contributed by atoms with Crippen LogP contribution in [0.25, 0.3) is 22.0 Å². The molecule has 0 aliphatic carbocycles. The highest BCUT2D eigenvalue weighted by atomic mass is 35.5. The van der Waals surface area contributed by atoms with Crippen molar-refractivity contribution in [2.45, 2.75) is 33.6 Å². The van der Waals surface area contributed by atoms with Gasteiger partial charge in [0.05, 0.1) is 0 Å². The van der Waals surface area contributed by atoms with Crippen molar-refractivity contribution in [3.8, 4) is 16.9 Å². The summed E-state index contributed by atoms with van der Waals surface area (Å²) in [6, 6.07) is 20.3. The van der Waals surface area contributed by atoms with Crippen LogP contribution in [0.2, 0.25) is 5.02 Å². The van der Waals surface area contributed by atoms with E-state index >= 15 is 0 Å². The van der Waals surface area contributed by atoms with E-state index in [0.717, 1.165) is 45.6 Å². The number of aromatic hydroxyl groups is 1. The molecule has 148 valence electrons. The summed E-state index contributed by atoms with van der Waals surface area (Å²) in [6.45, 7) is 6.58. The van der Waals surface area contributed by atoms with Gasteiger partial charge in [-0.2, -0.15) is 0 Å². The lowest BCUT2D eigenvalue weighted by atomic mass is 9.90. The molecular weight excluding hydrogens is 378 g/mol. The summed E-state index contributed by atoms with van der Waals surface area (Å²) in [4.78, 5) is 3.46. The van der Waals surface area contributed by atoms with Crippen LogP contribution in [0.4, 0.5) is 0 Å². The average Bonchev–Trinajstić information content (AvgIpc) is 2.98. The standard InChI is InChI=1S/C26H26ClNO/c1-16(2)12-18-8-10-22(20(13-18)14-19-6-4-5-7-24(19)27)26-17(3)28-25-11-9-21(29)15-23(25)26/h4-11,13,15-16,28-29H,12,14H2,1-3H3. The zero-order valence-electron chi connectivity index (χ0n) is 17.1. The van der Waals surface area contributed by atoms with Crippen molar-refractivity contribution >= 4 is 22.5 Å². The number of aryl methyl sites for hydroxylation is 1. The molecule has 0 aliphatic rings. The molecule has 0 amide bonds. The monoisotopic (exact) mass is 403 g/mol. The molecule has 0 bridgehead atoms. The maximum Gasteiger partial charge on any atom is 0.116 e. The van der Waals surface area contributed by atoms with E-state index in [0.29, 0.717) is 5.92 Å². The van der Waals surface area contributed by atoms with Crippen LogP contribution < -0.4 is 0 Å². The number of aromatic nitrogens is 1. The average molecular weight is 404 g/mol. The van der Waals surface area contributed by atoms with Crippen LogP contribution in [0.5, 0.6) is 5.75 Å². The normalized spacial score (nSPS) is 11.5. The molecule has 3 aromatic carbocycles. The molecule has 1 aromatic heterocycles. The molecule has 0 spiro atoms. The first-order valence-electron chi connectivity index (χ1n) is 10.1. The molecule has 4 rings (SSSR count). The number of fused-ring (bicyclic) bond motifs is 1. The summed E-state index contributed by atoms with van der Waals surface area (Å²) in [6.07, 6.45) is 1.81. The fourth-order valence-electron chi connectivity index (χ4n) is 4.14. The molecule has 0 saturated heterocycles. The smallest absolute Gasteiger partial charge is 0.116 e. The topological polar surface area (TPSA) is 36.0 Å². The van der Waals surface area contributed by atoms with Gasteiger partial charge in [0.15, 0.2) is 0 Å². The van der Waals surface area contributed by atoms with Crippen molar-refractivity contribution < 1.29 is 5.11 Å². The molecule has 1 heterocycles. The van der Waals surface area contributed by atoms with Crippen LogP contribution >= 0.6 is 11.6 Å². The number of phenols is 1. The van der Waals surface area contributed by atoms with Crippen LogP contribution in [-0.4, -0.2) is 10.1 Å². The van der Waals surface area contributed by atoms with Gasteiger partial charge in [-0.25, -0.2) is 0 Å². The summed E-state index contributed by atoms with van der Waals surface area (Å²) >= 11 is 6.48. The predicted molar refractivity (Wildman–Crippen MR) is 123 cm³/mol. The minimum atomic E-state index is 0.279. The van der Waals surface area contributed by atoms with Gasteiger partial charge < -0.3 is 10.1 Å². The molecular formula is C26H26ClNO. The molecule has 4 aromatic rings. The van der Waals surface area contributed by atoms with E-state index < -0.39 is 0 Å². The highest BCUT2D eigenvalue weighted by Gasteiger charge is 2.16. The Morgan fingerprint density at radius 2 is 1.76 bits per heavy atom. The summed E-state index contributed by atoms with van der Waals surface area (Å²) in [5.74, 6) is 0.877. The molecule has 2 nitrogen and oxygen atoms in total. The molecule has 3 heteroatoms. The van der Waals surface area contributed by atoms with Crippen molar-refractivity contribution in [1.29, 1.82) is 0 Å². The number of hydrogen-bond acceptors (Lipinski definition) is 1. The van der Waals surface area contributed by atoms with Gasteiger partial charge in [-0.1, -0.05) is 61.8 Å². The first-order chi connectivity index (χ1) is 13.9. The van der Waals surface area contributed by atoms with Crippen molar-refractivity contribution in [1.82, 2.24) is 4.98 Å². The quantitative estimate of drug-likeness (QED) is 0.360. The molecule has 2 N–H and O–H groups in total. The van der Waals surface area contributed by atoms with Gasteiger partial charge >= 0.3 is 0 Å². The Bertz CT molecular complexity index is 1170. The van der Waals surface area contributed by atoms with E-state index in [2.05, 4.69) is 50.0 Å². The lowest BCUT2D eigenvalue weighted by molar-refractivity contribution is 0.476. The second-order valence-corrected chi connectivity index (χ2v) is 8.62. The predicted octanol–water partition coefficient (Wildman–Crippen LogP) is 7.29. The number of H-pyrrole nitrogens is 1. The number of hydrogen-bond donors (Lipinski definition) is 2. The Hall–Kier alpha value is -2.71. The number of rotatable bonds is 5. The third kappa shape index (κ3) is 4.04. The number of benzene rings is 3. The molecule has 0 fully saturated rings. The van der Waals surface area contributed by atoms with Gasteiger partial charge in [-0.3, -0.25) is 0 Å². The lowest BCUT2D eigenvalue weighted by Gasteiger charge is -2.15. The number of nitrogens with one attached hydrogen (secondary N) is 1. The molecule has 0 radical (unpaired) electrons. The lowest BCUT2D eigenvalue weighted by Crippen LogP contribution is -1.99. The fourth-order valence-corrected chi connectivity index (χ4v) is 4.35. The highest BCUT2D eigenvalue weighted by molar-refractivity contribution is 6.31. The first kappa shape index (κ1) is 19.6. The largest absolute Gasteiger partial charge is 0.508 e. The molecule has 29 heavy (non-hydrogen) atoms. The molecule has 0 aliphatic heterocycles. The maximum absolute atomic E-state index is 10.1. The Morgan fingerprint density at radius 1 is 0.966 bits per heavy atom. The van der Waals surface area contributed by atoms with Crippen LogP contribution in [0.3, 0.4) is 0 Å². The number of phenolic OH excluding ortho intramolecular Hbond substituents is 1. The molecule has 0 unspecified atom stereocenters. The van der Waals surface area contributed by atoms with Crippen molar-refractivity contribution in [2.24, 2.45) is 5.92 Å². The minimum Gasteiger partial charge on any atom is -0.508 e. The maximum atomic E-state index is 10.1. The van der Waals surface area contributed by atoms with Gasteiger partial charge in [0.25, 0.3) is 0 Å². The van der Waals surface area contributed by atoms with Crippen molar-refractivity contribution in [2.75, 3.05) is 0 Å². The van der Waals surface area contributed by atoms with Gasteiger partial charge in [0.2, 0.25) is 0 Å². The van der Waals surface area contributed by atoms with Gasteiger partial charge in [-0.15, -0.1) is 0 Å². The van der Waals surface area contributed by atoms with Crippen molar-refractivity contribution in [3.63, 3.8) is 0 Å². The van der Waals surface area contributed by atoms with Crippen molar-refractivity contribution in [3.05, 3.63) is 88.1 Å². The molecule has 0 atom stereocenters. The summed E-state index contributed by atoms with van der Waals surface area (Å²) in [5.41, 5.74) is 8.18. The Labute approximate surface area is 177 Å². The van der Waals surface area contributed by atoms with Crippen LogP contribution in [0.15, 0.2) is 60.7 Å². The minimum absolute atomic E-state index is 0.279. The van der Waals surface area contributed by atoms with Gasteiger partial charge in [0, 0.05) is 27.2 Å². The second-order valence-electron chi connectivity index (χ2n) is 8.21. The van der Waals surface area contributed by atoms with Gasteiger partial charge in [0.1, 0.15) is 5.75 Å². The zero-order valence-corrected chi connectivity index (χ0v) is 17.8. The number of aromatic amines is 1. The first-order valence-corrected chi connectivity index (χ1v) is 10.5. The van der Waals surface area contributed by atoms with Gasteiger partial charge in [-0.05, 0) is 72.2 Å². The highest BCUT2D eigenvalue weighted by Crippen LogP contribution is 2.37. The second kappa shape index (κ2) is 7.96. The fraction of sp³-hybridized carbons (Fsp3) is 0.231. The zero-order chi connectivity index (χ0) is 20.5. The van der Waals surface area contributed by atoms with E-state index in [1.165, 1.54) is 16.7 Å². The summed E-state index contributed by atoms with van der Waals surface area (Å²) < 4.78 is 0. The summed E-state index contributed by atoms with van der Waals surface area (Å²) in [5, 5.41) is 11.9. The van der Waals surface area contributed by atoms with E-state index in [1.54, 1.807) is 6.07 Å². The van der Waals surface area contributed by atoms with Crippen LogP contribution in [0, 0.1) is 12.8 Å². The Balaban J connectivity index is 1.90. The third-order valence-electron chi connectivity index (χ3n) is 5.39. The third-order valence-corrected chi connectivity index (χ3v) is 5.76. The molecule has 0 saturated carbocycles. The Morgan fingerprint density at radius 3 is 2.52 bits per heavy atom. The van der Waals surface area contributed by atoms with E-state index in [1.807, 2.05) is 30.3 Å². The van der Waals surface area contributed by atoms with E-state index in [9.17, 15) is 5.11 Å². The SMILES string of the molecule is Cc1[nH]c2ccc(O)cc2c1-c1ccc(CC(C)C)cc1Cc1ccccc1Cl. The Kier molecular flexibility index (Phi) is 5.38. The van der Waals surface area contributed by atoms with E-state index in [4.69, 9.17) is 11.6 Å². The summed E-state index contributed by atoms with van der Waals surface area (Å²) in [7, 11) is 0. The van der Waals surface area contributed by atoms with Crippen LogP contribution in [0.1, 0.15) is 36.2 Å². The van der Waals surface area contributed by atoms with Crippen LogP contribution in [-0.2, 0) is 12.8 Å².